The number of benzene rings is 1. The topological polar surface area (TPSA) is 63.6 Å². The summed E-state index contributed by atoms with van der Waals surface area (Å²) in [6.07, 6.45) is 1.01. The van der Waals surface area contributed by atoms with Gasteiger partial charge in [0.1, 0.15) is 5.75 Å². The van der Waals surface area contributed by atoms with Gasteiger partial charge in [0.25, 0.3) is 10.1 Å². The van der Waals surface area contributed by atoms with Crippen molar-refractivity contribution in [1.29, 1.82) is 0 Å². The number of rotatable bonds is 6. The van der Waals surface area contributed by atoms with E-state index in [0.29, 0.717) is 19.4 Å². The van der Waals surface area contributed by atoms with Crippen molar-refractivity contribution in [3.63, 3.8) is 0 Å². The molecule has 5 heteroatoms. The molecule has 1 rings (SSSR count). The van der Waals surface area contributed by atoms with Crippen LogP contribution in [-0.4, -0.2) is 25.3 Å². The Balaban J connectivity index is 2.21. The first-order valence-corrected chi connectivity index (χ1v) is 6.73. The van der Waals surface area contributed by atoms with Gasteiger partial charge in [0, 0.05) is 0 Å². The van der Waals surface area contributed by atoms with Gasteiger partial charge in [-0.2, -0.15) is 8.42 Å². The molecule has 1 N–H and O–H groups in total. The lowest BCUT2D eigenvalue weighted by Crippen LogP contribution is -2.06. The fourth-order valence-electron chi connectivity index (χ4n) is 1.28. The average molecular weight is 244 g/mol. The van der Waals surface area contributed by atoms with Crippen molar-refractivity contribution in [2.24, 2.45) is 0 Å². The van der Waals surface area contributed by atoms with E-state index in [0.717, 1.165) is 11.3 Å². The number of aryl methyl sites for hydroxylation is 1. The van der Waals surface area contributed by atoms with E-state index in [1.807, 2.05) is 31.2 Å². The Morgan fingerprint density at radius 2 is 2.06 bits per heavy atom. The monoisotopic (exact) mass is 244 g/mol. The van der Waals surface area contributed by atoms with E-state index >= 15 is 0 Å². The lowest BCUT2D eigenvalue weighted by Gasteiger charge is -2.06. The van der Waals surface area contributed by atoms with Gasteiger partial charge in [-0.1, -0.05) is 12.1 Å². The second-order valence-corrected chi connectivity index (χ2v) is 5.23. The molecule has 0 aliphatic rings. The summed E-state index contributed by atoms with van der Waals surface area (Å²) >= 11 is 0. The van der Waals surface area contributed by atoms with Gasteiger partial charge in [-0.15, -0.1) is 0 Å². The quantitative estimate of drug-likeness (QED) is 0.614. The third-order valence-corrected chi connectivity index (χ3v) is 2.86. The van der Waals surface area contributed by atoms with Crippen molar-refractivity contribution in [3.05, 3.63) is 29.8 Å². The van der Waals surface area contributed by atoms with Crippen LogP contribution in [0.2, 0.25) is 0 Å². The number of ether oxygens (including phenoxy) is 1. The Kier molecular flexibility index (Phi) is 4.76. The Labute approximate surface area is 96.0 Å². The van der Waals surface area contributed by atoms with Crippen LogP contribution in [0.1, 0.15) is 18.4 Å². The normalized spacial score (nSPS) is 11.4. The third kappa shape index (κ3) is 5.72. The molecule has 0 aliphatic heterocycles. The molecular formula is C11H16O4S. The van der Waals surface area contributed by atoms with Crippen LogP contribution in [0, 0.1) is 6.92 Å². The minimum atomic E-state index is -3.83. The summed E-state index contributed by atoms with van der Waals surface area (Å²) in [5.74, 6) is 0.580. The van der Waals surface area contributed by atoms with Gasteiger partial charge >= 0.3 is 0 Å². The Hall–Kier alpha value is -1.07. The number of hydrogen-bond donors (Lipinski definition) is 1. The molecule has 16 heavy (non-hydrogen) atoms. The molecule has 0 atom stereocenters. The molecule has 1 aromatic carbocycles. The maximum absolute atomic E-state index is 10.4. The fraction of sp³-hybridized carbons (Fsp3) is 0.455. The van der Waals surface area contributed by atoms with E-state index in [4.69, 9.17) is 9.29 Å². The first-order chi connectivity index (χ1) is 7.47. The van der Waals surface area contributed by atoms with Crippen LogP contribution in [-0.2, 0) is 10.1 Å². The highest BCUT2D eigenvalue weighted by Gasteiger charge is 2.03. The SMILES string of the molecule is Cc1cccc(OCCCCS(=O)(=O)O)c1. The van der Waals surface area contributed by atoms with Crippen LogP contribution in [0.25, 0.3) is 0 Å². The summed E-state index contributed by atoms with van der Waals surface area (Å²) < 4.78 is 34.8. The van der Waals surface area contributed by atoms with Crippen molar-refractivity contribution >= 4 is 10.1 Å². The second-order valence-electron chi connectivity index (χ2n) is 3.66. The van der Waals surface area contributed by atoms with Crippen LogP contribution in [0.5, 0.6) is 5.75 Å². The second kappa shape index (κ2) is 5.86. The molecule has 1 aromatic rings. The van der Waals surface area contributed by atoms with Gasteiger partial charge in [-0.3, -0.25) is 4.55 Å². The lowest BCUT2D eigenvalue weighted by molar-refractivity contribution is 0.309. The van der Waals surface area contributed by atoms with E-state index < -0.39 is 10.1 Å². The summed E-state index contributed by atoms with van der Waals surface area (Å²) in [5, 5.41) is 0. The van der Waals surface area contributed by atoms with E-state index in [2.05, 4.69) is 0 Å². The Morgan fingerprint density at radius 3 is 2.69 bits per heavy atom. The molecule has 0 aliphatic carbocycles. The predicted octanol–water partition coefficient (Wildman–Crippen LogP) is 2.04. The molecule has 4 nitrogen and oxygen atoms in total. The standard InChI is InChI=1S/C11H16O4S/c1-10-5-4-6-11(9-10)15-7-2-3-8-16(12,13)14/h4-6,9H,2-3,7-8H2,1H3,(H,12,13,14). The first-order valence-electron chi connectivity index (χ1n) is 5.12. The minimum absolute atomic E-state index is 0.204. The maximum Gasteiger partial charge on any atom is 0.264 e. The molecule has 0 saturated carbocycles. The molecule has 0 radical (unpaired) electrons. The molecular weight excluding hydrogens is 228 g/mol. The van der Waals surface area contributed by atoms with Crippen LogP contribution in [0.4, 0.5) is 0 Å². The van der Waals surface area contributed by atoms with Crippen LogP contribution < -0.4 is 4.74 Å². The summed E-state index contributed by atoms with van der Waals surface area (Å²) in [5.41, 5.74) is 1.12. The minimum Gasteiger partial charge on any atom is -0.494 e. The third-order valence-electron chi connectivity index (χ3n) is 2.05. The van der Waals surface area contributed by atoms with Gasteiger partial charge in [-0.25, -0.2) is 0 Å². The van der Waals surface area contributed by atoms with E-state index in [1.54, 1.807) is 0 Å². The molecule has 0 saturated heterocycles. The smallest absolute Gasteiger partial charge is 0.264 e. The summed E-state index contributed by atoms with van der Waals surface area (Å²) in [7, 11) is -3.83. The molecule has 0 amide bonds. The van der Waals surface area contributed by atoms with Crippen molar-refractivity contribution in [2.45, 2.75) is 19.8 Å². The largest absolute Gasteiger partial charge is 0.494 e. The zero-order valence-corrected chi connectivity index (χ0v) is 10.0. The fourth-order valence-corrected chi connectivity index (χ4v) is 1.85. The molecule has 0 spiro atoms. The molecule has 0 heterocycles. The zero-order valence-electron chi connectivity index (χ0n) is 9.22. The highest BCUT2D eigenvalue weighted by Crippen LogP contribution is 2.12. The average Bonchev–Trinajstić information content (AvgIpc) is 2.15. The van der Waals surface area contributed by atoms with E-state index in [1.165, 1.54) is 0 Å². The zero-order chi connectivity index (χ0) is 12.0. The van der Waals surface area contributed by atoms with Gasteiger partial charge in [-0.05, 0) is 37.5 Å². The van der Waals surface area contributed by atoms with Crippen LogP contribution >= 0.6 is 0 Å². The summed E-state index contributed by atoms with van der Waals surface area (Å²) in [4.78, 5) is 0. The van der Waals surface area contributed by atoms with Crippen molar-refractivity contribution in [1.82, 2.24) is 0 Å². The molecule has 0 unspecified atom stereocenters. The van der Waals surface area contributed by atoms with Crippen molar-refractivity contribution in [3.8, 4) is 5.75 Å². The number of unbranched alkanes of at least 4 members (excludes halogenated alkanes) is 1. The van der Waals surface area contributed by atoms with Crippen LogP contribution in [0.15, 0.2) is 24.3 Å². The van der Waals surface area contributed by atoms with E-state index in [9.17, 15) is 8.42 Å². The summed E-state index contributed by atoms with van der Waals surface area (Å²) in [6, 6.07) is 7.66. The summed E-state index contributed by atoms with van der Waals surface area (Å²) in [6.45, 7) is 2.43. The lowest BCUT2D eigenvalue weighted by atomic mass is 10.2. The first kappa shape index (κ1) is 13.0. The molecule has 0 bridgehead atoms. The molecule has 0 fully saturated rings. The van der Waals surface area contributed by atoms with Crippen molar-refractivity contribution < 1.29 is 17.7 Å². The molecule has 0 aromatic heterocycles. The Bertz CT molecular complexity index is 425. The molecule has 90 valence electrons. The van der Waals surface area contributed by atoms with E-state index in [-0.39, 0.29) is 5.75 Å². The Morgan fingerprint density at radius 1 is 1.31 bits per heavy atom. The van der Waals surface area contributed by atoms with Crippen molar-refractivity contribution in [2.75, 3.05) is 12.4 Å². The highest BCUT2D eigenvalue weighted by atomic mass is 32.2. The van der Waals surface area contributed by atoms with Crippen LogP contribution in [0.3, 0.4) is 0 Å². The maximum atomic E-state index is 10.4. The predicted molar refractivity (Wildman–Crippen MR) is 62.3 cm³/mol. The van der Waals surface area contributed by atoms with Gasteiger partial charge in [0.15, 0.2) is 0 Å². The van der Waals surface area contributed by atoms with Gasteiger partial charge in [0.05, 0.1) is 12.4 Å². The number of hydrogen-bond acceptors (Lipinski definition) is 3. The van der Waals surface area contributed by atoms with Gasteiger partial charge in [0.2, 0.25) is 0 Å². The highest BCUT2D eigenvalue weighted by molar-refractivity contribution is 7.85. The van der Waals surface area contributed by atoms with Gasteiger partial charge < -0.3 is 4.74 Å².